The number of rotatable bonds is 1. The lowest BCUT2D eigenvalue weighted by molar-refractivity contribution is -0.120. The van der Waals surface area contributed by atoms with Gasteiger partial charge in [0, 0.05) is 11.3 Å². The zero-order chi connectivity index (χ0) is 13.9. The average Bonchev–Trinajstić information content (AvgIpc) is 2.67. The number of nitrogens with zero attached hydrogens (tertiary/aromatic N) is 2. The Hall–Kier alpha value is -2.80. The minimum Gasteiger partial charge on any atom is -0.483 e. The van der Waals surface area contributed by atoms with Gasteiger partial charge in [-0.1, -0.05) is 24.3 Å². The molecule has 0 spiro atoms. The van der Waals surface area contributed by atoms with Crippen LogP contribution in [0, 0.1) is 11.3 Å². The summed E-state index contributed by atoms with van der Waals surface area (Å²) in [6.45, 7) is 0.456. The molecule has 3 rings (SSSR count). The van der Waals surface area contributed by atoms with Gasteiger partial charge in [-0.2, -0.15) is 5.26 Å². The summed E-state index contributed by atoms with van der Waals surface area (Å²) in [5.41, 5.74) is 2.21. The van der Waals surface area contributed by atoms with Gasteiger partial charge in [0.05, 0.1) is 18.2 Å². The van der Waals surface area contributed by atoms with E-state index in [2.05, 4.69) is 6.07 Å². The maximum absolute atomic E-state index is 12.2. The van der Waals surface area contributed by atoms with Gasteiger partial charge in [-0.15, -0.1) is 0 Å². The van der Waals surface area contributed by atoms with E-state index >= 15 is 0 Å². The second-order valence-corrected chi connectivity index (χ2v) is 4.54. The van der Waals surface area contributed by atoms with E-state index in [1.54, 1.807) is 23.1 Å². The van der Waals surface area contributed by atoms with Gasteiger partial charge in [0.1, 0.15) is 5.75 Å². The SMILES string of the molecule is N#Cc1cccc(N2Cc3ccccc3OCC2=O)c1. The molecule has 0 unspecified atom stereocenters. The third kappa shape index (κ3) is 2.21. The van der Waals surface area contributed by atoms with Crippen molar-refractivity contribution in [1.29, 1.82) is 5.26 Å². The van der Waals surface area contributed by atoms with Crippen molar-refractivity contribution >= 4 is 11.6 Å². The largest absolute Gasteiger partial charge is 0.483 e. The maximum atomic E-state index is 12.2. The van der Waals surface area contributed by atoms with Gasteiger partial charge in [0.15, 0.2) is 6.61 Å². The number of carbonyl (C=O) groups excluding carboxylic acids is 1. The number of hydrogen-bond acceptors (Lipinski definition) is 3. The molecular weight excluding hydrogens is 252 g/mol. The zero-order valence-corrected chi connectivity index (χ0v) is 10.7. The molecule has 1 aliphatic rings. The summed E-state index contributed by atoms with van der Waals surface area (Å²) in [6.07, 6.45) is 0. The van der Waals surface area contributed by atoms with Crippen LogP contribution < -0.4 is 9.64 Å². The second-order valence-electron chi connectivity index (χ2n) is 4.54. The van der Waals surface area contributed by atoms with Gasteiger partial charge in [-0.3, -0.25) is 4.79 Å². The highest BCUT2D eigenvalue weighted by Crippen LogP contribution is 2.26. The summed E-state index contributed by atoms with van der Waals surface area (Å²) in [6, 6.07) is 16.7. The number of amides is 1. The Balaban J connectivity index is 2.00. The van der Waals surface area contributed by atoms with E-state index in [1.165, 1.54) is 0 Å². The molecule has 20 heavy (non-hydrogen) atoms. The van der Waals surface area contributed by atoms with Gasteiger partial charge >= 0.3 is 0 Å². The molecule has 4 nitrogen and oxygen atoms in total. The summed E-state index contributed by atoms with van der Waals surface area (Å²) in [4.78, 5) is 13.8. The van der Waals surface area contributed by atoms with Crippen molar-refractivity contribution in [2.24, 2.45) is 0 Å². The highest BCUT2D eigenvalue weighted by Gasteiger charge is 2.22. The fraction of sp³-hybridized carbons (Fsp3) is 0.125. The Bertz CT molecular complexity index is 704. The van der Waals surface area contributed by atoms with Crippen LogP contribution >= 0.6 is 0 Å². The molecule has 0 bridgehead atoms. The van der Waals surface area contributed by atoms with Crippen molar-refractivity contribution in [2.45, 2.75) is 6.54 Å². The molecule has 0 saturated carbocycles. The maximum Gasteiger partial charge on any atom is 0.265 e. The van der Waals surface area contributed by atoms with Crippen molar-refractivity contribution in [3.63, 3.8) is 0 Å². The summed E-state index contributed by atoms with van der Waals surface area (Å²) in [5.74, 6) is 0.621. The summed E-state index contributed by atoms with van der Waals surface area (Å²) in [5, 5.41) is 8.96. The van der Waals surface area contributed by atoms with Crippen molar-refractivity contribution < 1.29 is 9.53 Å². The minimum atomic E-state index is -0.115. The van der Waals surface area contributed by atoms with E-state index in [0.717, 1.165) is 11.3 Å². The second kappa shape index (κ2) is 5.06. The van der Waals surface area contributed by atoms with Gasteiger partial charge in [0.2, 0.25) is 0 Å². The summed E-state index contributed by atoms with van der Waals surface area (Å²) >= 11 is 0. The quantitative estimate of drug-likeness (QED) is 0.795. The standard InChI is InChI=1S/C16H12N2O2/c17-9-12-4-3-6-14(8-12)18-10-13-5-1-2-7-15(13)20-11-16(18)19/h1-8H,10-11H2. The Morgan fingerprint density at radius 2 is 2.00 bits per heavy atom. The van der Waals surface area contributed by atoms with Gasteiger partial charge < -0.3 is 9.64 Å². The van der Waals surface area contributed by atoms with E-state index in [-0.39, 0.29) is 12.5 Å². The molecule has 0 N–H and O–H groups in total. The molecule has 1 amide bonds. The van der Waals surface area contributed by atoms with Crippen molar-refractivity contribution in [1.82, 2.24) is 0 Å². The lowest BCUT2D eigenvalue weighted by atomic mass is 10.1. The lowest BCUT2D eigenvalue weighted by Gasteiger charge is -2.20. The molecule has 0 fully saturated rings. The first-order valence-corrected chi connectivity index (χ1v) is 6.29. The number of carbonyl (C=O) groups is 1. The van der Waals surface area contributed by atoms with Crippen LogP contribution in [0.5, 0.6) is 5.75 Å². The lowest BCUT2D eigenvalue weighted by Crippen LogP contribution is -2.32. The minimum absolute atomic E-state index is 0.00773. The number of ether oxygens (including phenoxy) is 1. The molecule has 2 aromatic rings. The van der Waals surface area contributed by atoms with E-state index in [1.807, 2.05) is 30.3 Å². The third-order valence-corrected chi connectivity index (χ3v) is 3.24. The van der Waals surface area contributed by atoms with Gasteiger partial charge in [0.25, 0.3) is 5.91 Å². The zero-order valence-electron chi connectivity index (χ0n) is 10.7. The predicted octanol–water partition coefficient (Wildman–Crippen LogP) is 2.48. The van der Waals surface area contributed by atoms with Crippen molar-refractivity contribution in [3.8, 4) is 11.8 Å². The number of hydrogen-bond donors (Lipinski definition) is 0. The summed E-state index contributed by atoms with van der Waals surface area (Å²) < 4.78 is 5.51. The van der Waals surface area contributed by atoms with Crippen LogP contribution in [0.3, 0.4) is 0 Å². The molecule has 1 aliphatic heterocycles. The normalized spacial score (nSPS) is 13.9. The number of anilines is 1. The van der Waals surface area contributed by atoms with Gasteiger partial charge in [-0.25, -0.2) is 0 Å². The van der Waals surface area contributed by atoms with Crippen LogP contribution in [0.1, 0.15) is 11.1 Å². The van der Waals surface area contributed by atoms with Crippen LogP contribution in [-0.2, 0) is 11.3 Å². The molecule has 4 heteroatoms. The Labute approximate surface area is 116 Å². The predicted molar refractivity (Wildman–Crippen MR) is 74.3 cm³/mol. The van der Waals surface area contributed by atoms with Crippen LogP contribution in [0.25, 0.3) is 0 Å². The molecule has 0 aliphatic carbocycles. The van der Waals surface area contributed by atoms with Crippen LogP contribution in [0.2, 0.25) is 0 Å². The van der Waals surface area contributed by atoms with Crippen LogP contribution in [-0.4, -0.2) is 12.5 Å². The van der Waals surface area contributed by atoms with E-state index in [4.69, 9.17) is 10.00 Å². The van der Waals surface area contributed by atoms with Gasteiger partial charge in [-0.05, 0) is 24.3 Å². The number of para-hydroxylation sites is 1. The fourth-order valence-electron chi connectivity index (χ4n) is 2.23. The molecule has 0 saturated heterocycles. The van der Waals surface area contributed by atoms with Crippen molar-refractivity contribution in [2.75, 3.05) is 11.5 Å². The molecule has 98 valence electrons. The van der Waals surface area contributed by atoms with Crippen LogP contribution in [0.4, 0.5) is 5.69 Å². The van der Waals surface area contributed by atoms with Crippen molar-refractivity contribution in [3.05, 3.63) is 59.7 Å². The molecular formula is C16H12N2O2. The molecule has 1 heterocycles. The van der Waals surface area contributed by atoms with E-state index in [9.17, 15) is 4.79 Å². The topological polar surface area (TPSA) is 53.3 Å². The first-order chi connectivity index (χ1) is 9.78. The monoisotopic (exact) mass is 264 g/mol. The number of nitriles is 1. The Kier molecular flexibility index (Phi) is 3.10. The first kappa shape index (κ1) is 12.2. The Morgan fingerprint density at radius 3 is 2.85 bits per heavy atom. The molecule has 0 radical (unpaired) electrons. The third-order valence-electron chi connectivity index (χ3n) is 3.24. The first-order valence-electron chi connectivity index (χ1n) is 6.29. The van der Waals surface area contributed by atoms with E-state index < -0.39 is 0 Å². The summed E-state index contributed by atoms with van der Waals surface area (Å²) in [7, 11) is 0. The molecule has 2 aromatic carbocycles. The molecule has 0 atom stereocenters. The Morgan fingerprint density at radius 1 is 1.15 bits per heavy atom. The number of fused-ring (bicyclic) bond motifs is 1. The van der Waals surface area contributed by atoms with E-state index in [0.29, 0.717) is 17.8 Å². The smallest absolute Gasteiger partial charge is 0.265 e. The highest BCUT2D eigenvalue weighted by molar-refractivity contribution is 5.95. The average molecular weight is 264 g/mol. The molecule has 0 aromatic heterocycles. The van der Waals surface area contributed by atoms with Crippen LogP contribution in [0.15, 0.2) is 48.5 Å². The number of benzene rings is 2. The fourth-order valence-corrected chi connectivity index (χ4v) is 2.23. The highest BCUT2D eigenvalue weighted by atomic mass is 16.5.